The second-order valence-corrected chi connectivity index (χ2v) is 5.60. The number of amides is 1. The van der Waals surface area contributed by atoms with Crippen molar-refractivity contribution in [3.05, 3.63) is 60.0 Å². The van der Waals surface area contributed by atoms with Gasteiger partial charge in [-0.05, 0) is 18.2 Å². The number of likely N-dealkylation sites (tertiary alicyclic amines) is 1. The van der Waals surface area contributed by atoms with Crippen LogP contribution in [-0.2, 0) is 0 Å². The normalized spacial score (nSPS) is 14.2. The summed E-state index contributed by atoms with van der Waals surface area (Å²) in [4.78, 5) is 18.1. The average molecular weight is 319 g/mol. The van der Waals surface area contributed by atoms with Crippen molar-refractivity contribution in [2.45, 2.75) is 6.10 Å². The molecule has 1 aliphatic heterocycles. The number of carbonyl (C=O) groups excluding carboxylic acids is 1. The second-order valence-electron chi connectivity index (χ2n) is 5.60. The Morgan fingerprint density at radius 3 is 2.83 bits per heavy atom. The molecule has 6 nitrogen and oxygen atoms in total. The van der Waals surface area contributed by atoms with E-state index in [2.05, 4.69) is 4.98 Å². The van der Waals surface area contributed by atoms with Crippen LogP contribution in [0.2, 0.25) is 0 Å². The highest BCUT2D eigenvalue weighted by atomic mass is 16.5. The minimum atomic E-state index is -0.140. The summed E-state index contributed by atoms with van der Waals surface area (Å²) in [7, 11) is 0. The number of hydrogen-bond donors (Lipinski definition) is 0. The van der Waals surface area contributed by atoms with Crippen LogP contribution >= 0.6 is 0 Å². The summed E-state index contributed by atoms with van der Waals surface area (Å²) in [5.74, 6) is 0.653. The van der Waals surface area contributed by atoms with Gasteiger partial charge < -0.3 is 14.1 Å². The molecule has 1 amide bonds. The van der Waals surface area contributed by atoms with Crippen LogP contribution in [-0.4, -0.2) is 35.0 Å². The van der Waals surface area contributed by atoms with Crippen molar-refractivity contribution in [2.75, 3.05) is 13.1 Å². The van der Waals surface area contributed by atoms with E-state index in [4.69, 9.17) is 14.4 Å². The zero-order chi connectivity index (χ0) is 16.5. The largest absolute Gasteiger partial charge is 0.471 e. The van der Waals surface area contributed by atoms with Crippen molar-refractivity contribution < 1.29 is 13.9 Å². The molecule has 0 bridgehead atoms. The molecule has 0 aliphatic carbocycles. The highest BCUT2D eigenvalue weighted by molar-refractivity contribution is 5.96. The van der Waals surface area contributed by atoms with Crippen molar-refractivity contribution in [1.82, 2.24) is 9.88 Å². The number of furan rings is 1. The second kappa shape index (κ2) is 5.70. The van der Waals surface area contributed by atoms with Crippen LogP contribution in [0.25, 0.3) is 11.0 Å². The first-order chi connectivity index (χ1) is 11.7. The van der Waals surface area contributed by atoms with Gasteiger partial charge in [-0.3, -0.25) is 4.79 Å². The molecule has 2 aromatic heterocycles. The van der Waals surface area contributed by atoms with Crippen LogP contribution in [0.1, 0.15) is 16.1 Å². The van der Waals surface area contributed by atoms with Crippen LogP contribution in [0.5, 0.6) is 5.88 Å². The maximum Gasteiger partial charge on any atom is 0.289 e. The molecule has 3 heterocycles. The molecule has 0 atom stereocenters. The SMILES string of the molecule is N#Cc1ccc(OC2CN(C(=O)c3cc4ccccc4o3)C2)nc1. The third kappa shape index (κ3) is 2.57. The third-order valence-corrected chi connectivity index (χ3v) is 3.92. The zero-order valence-corrected chi connectivity index (χ0v) is 12.7. The van der Waals surface area contributed by atoms with Crippen LogP contribution in [0.4, 0.5) is 0 Å². The minimum absolute atomic E-state index is 0.0984. The standard InChI is InChI=1S/C18H13N3O3/c19-8-12-5-6-17(20-9-12)23-14-10-21(11-14)18(22)16-7-13-3-1-2-4-15(13)24-16/h1-7,9,14H,10-11H2. The highest BCUT2D eigenvalue weighted by Gasteiger charge is 2.34. The number of nitrogens with zero attached hydrogens (tertiary/aromatic N) is 3. The van der Waals surface area contributed by atoms with Gasteiger partial charge in [-0.2, -0.15) is 5.26 Å². The number of pyridine rings is 1. The number of carbonyl (C=O) groups is 1. The molecule has 0 saturated carbocycles. The first-order valence-corrected chi connectivity index (χ1v) is 7.53. The summed E-state index contributed by atoms with van der Waals surface area (Å²) in [6.07, 6.45) is 1.37. The first-order valence-electron chi connectivity index (χ1n) is 7.53. The minimum Gasteiger partial charge on any atom is -0.471 e. The smallest absolute Gasteiger partial charge is 0.289 e. The Morgan fingerprint density at radius 2 is 2.12 bits per heavy atom. The van der Waals surface area contributed by atoms with E-state index in [1.807, 2.05) is 30.3 Å². The Hall–Kier alpha value is -3.33. The number of benzene rings is 1. The van der Waals surface area contributed by atoms with E-state index in [0.29, 0.717) is 35.9 Å². The molecule has 1 fully saturated rings. The summed E-state index contributed by atoms with van der Waals surface area (Å²) >= 11 is 0. The molecule has 118 valence electrons. The number of para-hydroxylation sites is 1. The molecule has 0 unspecified atom stereocenters. The van der Waals surface area contributed by atoms with Gasteiger partial charge in [0.15, 0.2) is 5.76 Å². The Bertz CT molecular complexity index is 901. The predicted molar refractivity (Wildman–Crippen MR) is 85.5 cm³/mol. The fourth-order valence-electron chi connectivity index (χ4n) is 2.61. The Labute approximate surface area is 137 Å². The average Bonchev–Trinajstić information content (AvgIpc) is 3.02. The van der Waals surface area contributed by atoms with Gasteiger partial charge in [0.1, 0.15) is 17.8 Å². The zero-order valence-electron chi connectivity index (χ0n) is 12.7. The van der Waals surface area contributed by atoms with E-state index < -0.39 is 0 Å². The Kier molecular flexibility index (Phi) is 3.39. The number of ether oxygens (including phenoxy) is 1. The molecule has 1 aromatic carbocycles. The fourth-order valence-corrected chi connectivity index (χ4v) is 2.61. The molecule has 6 heteroatoms. The summed E-state index contributed by atoms with van der Waals surface area (Å²) < 4.78 is 11.3. The molecule has 1 aliphatic rings. The van der Waals surface area contributed by atoms with Crippen molar-refractivity contribution in [2.24, 2.45) is 0 Å². The molecule has 0 N–H and O–H groups in total. The monoisotopic (exact) mass is 319 g/mol. The van der Waals surface area contributed by atoms with E-state index in [-0.39, 0.29) is 12.0 Å². The molecule has 0 radical (unpaired) electrons. The van der Waals surface area contributed by atoms with E-state index in [1.54, 1.807) is 23.1 Å². The summed E-state index contributed by atoms with van der Waals surface area (Å²) in [6.45, 7) is 0.967. The number of rotatable bonds is 3. The molecule has 0 spiro atoms. The summed E-state index contributed by atoms with van der Waals surface area (Å²) in [6, 6.07) is 14.6. The predicted octanol–water partition coefficient (Wildman–Crippen LogP) is 2.60. The topological polar surface area (TPSA) is 79.4 Å². The third-order valence-electron chi connectivity index (χ3n) is 3.92. The van der Waals surface area contributed by atoms with Gasteiger partial charge in [-0.15, -0.1) is 0 Å². The van der Waals surface area contributed by atoms with E-state index in [0.717, 1.165) is 5.39 Å². The fraction of sp³-hybridized carbons (Fsp3) is 0.167. The lowest BCUT2D eigenvalue weighted by Crippen LogP contribution is -2.56. The molecule has 4 rings (SSSR count). The number of hydrogen-bond acceptors (Lipinski definition) is 5. The maximum atomic E-state index is 12.4. The van der Waals surface area contributed by atoms with Gasteiger partial charge in [-0.1, -0.05) is 18.2 Å². The quantitative estimate of drug-likeness (QED) is 0.741. The lowest BCUT2D eigenvalue weighted by Gasteiger charge is -2.38. The van der Waals surface area contributed by atoms with Crippen molar-refractivity contribution in [3.63, 3.8) is 0 Å². The van der Waals surface area contributed by atoms with Gasteiger partial charge >= 0.3 is 0 Å². The Balaban J connectivity index is 1.38. The lowest BCUT2D eigenvalue weighted by molar-refractivity contribution is 0.0139. The summed E-state index contributed by atoms with van der Waals surface area (Å²) in [5, 5.41) is 9.65. The maximum absolute atomic E-state index is 12.4. The summed E-state index contributed by atoms with van der Waals surface area (Å²) in [5.41, 5.74) is 1.19. The Morgan fingerprint density at radius 1 is 1.29 bits per heavy atom. The van der Waals surface area contributed by atoms with Gasteiger partial charge in [0.25, 0.3) is 5.91 Å². The number of nitriles is 1. The lowest BCUT2D eigenvalue weighted by atomic mass is 10.1. The van der Waals surface area contributed by atoms with Gasteiger partial charge in [-0.25, -0.2) is 4.98 Å². The van der Waals surface area contributed by atoms with E-state index in [1.165, 1.54) is 6.20 Å². The highest BCUT2D eigenvalue weighted by Crippen LogP contribution is 2.23. The molecule has 1 saturated heterocycles. The van der Waals surface area contributed by atoms with Crippen LogP contribution in [0, 0.1) is 11.3 Å². The van der Waals surface area contributed by atoms with Crippen molar-refractivity contribution in [3.8, 4) is 11.9 Å². The molecule has 3 aromatic rings. The number of fused-ring (bicyclic) bond motifs is 1. The van der Waals surface area contributed by atoms with E-state index >= 15 is 0 Å². The van der Waals surface area contributed by atoms with Crippen molar-refractivity contribution in [1.29, 1.82) is 5.26 Å². The van der Waals surface area contributed by atoms with Gasteiger partial charge in [0.05, 0.1) is 18.7 Å². The van der Waals surface area contributed by atoms with Crippen LogP contribution in [0.3, 0.4) is 0 Å². The number of aromatic nitrogens is 1. The van der Waals surface area contributed by atoms with Crippen LogP contribution < -0.4 is 4.74 Å². The van der Waals surface area contributed by atoms with E-state index in [9.17, 15) is 4.79 Å². The first kappa shape index (κ1) is 14.3. The van der Waals surface area contributed by atoms with Crippen molar-refractivity contribution >= 4 is 16.9 Å². The molecular weight excluding hydrogens is 306 g/mol. The molecular formula is C18H13N3O3. The molecule has 24 heavy (non-hydrogen) atoms. The van der Waals surface area contributed by atoms with Gasteiger partial charge in [0, 0.05) is 17.6 Å². The van der Waals surface area contributed by atoms with Gasteiger partial charge in [0.2, 0.25) is 5.88 Å². The van der Waals surface area contributed by atoms with Crippen LogP contribution in [0.15, 0.2) is 53.1 Å².